The van der Waals surface area contributed by atoms with Crippen LogP contribution in [0.25, 0.3) is 6.08 Å². The maximum absolute atomic E-state index is 13.1. The Balaban J connectivity index is 1.48. The lowest BCUT2D eigenvalue weighted by Crippen LogP contribution is -2.27. The number of halogens is 2. The number of ether oxygens (including phenoxy) is 2. The average molecular weight is 618 g/mol. The van der Waals surface area contributed by atoms with Gasteiger partial charge in [0.15, 0.2) is 22.4 Å². The van der Waals surface area contributed by atoms with E-state index in [-0.39, 0.29) is 18.4 Å². The van der Waals surface area contributed by atoms with Crippen LogP contribution in [0.4, 0.5) is 11.4 Å². The number of rotatable bonds is 8. The third kappa shape index (κ3) is 6.73. The molecule has 0 atom stereocenters. The first-order valence-electron chi connectivity index (χ1n) is 11.2. The van der Waals surface area contributed by atoms with Crippen LogP contribution in [0.5, 0.6) is 11.5 Å². The second kappa shape index (κ2) is 12.1. The number of thioether (sulfide) groups is 1. The topological polar surface area (TPSA) is 67.9 Å². The second-order valence-corrected chi connectivity index (χ2v) is 10.9. The molecule has 3 aromatic carbocycles. The Morgan fingerprint density at radius 3 is 2.57 bits per heavy atom. The molecule has 1 heterocycles. The molecule has 1 fully saturated rings. The fraction of sp³-hybridized carbons (Fsp3) is 0.148. The Bertz CT molecular complexity index is 1400. The number of aryl methyl sites for hydroxylation is 1. The first-order valence-corrected chi connectivity index (χ1v) is 13.6. The zero-order chi connectivity index (χ0) is 26.5. The molecule has 190 valence electrons. The summed E-state index contributed by atoms with van der Waals surface area (Å²) in [6.07, 6.45) is 1.75. The number of nitrogens with zero attached hydrogens (tertiary/aromatic N) is 1. The highest BCUT2D eigenvalue weighted by Crippen LogP contribution is 2.39. The van der Waals surface area contributed by atoms with Crippen LogP contribution in [0.3, 0.4) is 0 Å². The number of carbonyl (C=O) groups is 2. The molecule has 2 amide bonds. The van der Waals surface area contributed by atoms with E-state index in [2.05, 4.69) is 21.2 Å². The molecule has 10 heteroatoms. The number of amides is 2. The lowest BCUT2D eigenvalue weighted by atomic mass is 10.1. The van der Waals surface area contributed by atoms with Crippen molar-refractivity contribution >= 4 is 85.1 Å². The number of carbonyl (C=O) groups excluding carboxylic acids is 2. The Morgan fingerprint density at radius 2 is 1.86 bits per heavy atom. The van der Waals surface area contributed by atoms with Crippen molar-refractivity contribution in [3.8, 4) is 11.5 Å². The first kappa shape index (κ1) is 27.2. The highest BCUT2D eigenvalue weighted by Gasteiger charge is 2.33. The van der Waals surface area contributed by atoms with E-state index in [1.165, 1.54) is 16.7 Å². The number of benzene rings is 3. The molecular weight excluding hydrogens is 596 g/mol. The molecule has 0 spiro atoms. The number of thiocarbonyl (C=S) groups is 1. The van der Waals surface area contributed by atoms with Crippen molar-refractivity contribution in [3.63, 3.8) is 0 Å². The van der Waals surface area contributed by atoms with Crippen molar-refractivity contribution in [1.82, 2.24) is 0 Å². The van der Waals surface area contributed by atoms with Gasteiger partial charge in [-0.15, -0.1) is 0 Å². The predicted octanol–water partition coefficient (Wildman–Crippen LogP) is 7.23. The van der Waals surface area contributed by atoms with Gasteiger partial charge in [-0.2, -0.15) is 0 Å². The molecule has 4 rings (SSSR count). The van der Waals surface area contributed by atoms with Crippen molar-refractivity contribution in [2.75, 3.05) is 23.4 Å². The van der Waals surface area contributed by atoms with Crippen LogP contribution < -0.4 is 19.7 Å². The fourth-order valence-electron chi connectivity index (χ4n) is 3.45. The summed E-state index contributed by atoms with van der Waals surface area (Å²) < 4.78 is 12.6. The van der Waals surface area contributed by atoms with E-state index in [4.69, 9.17) is 33.3 Å². The van der Waals surface area contributed by atoms with Crippen LogP contribution in [0.15, 0.2) is 70.0 Å². The number of hydrogen-bond donors (Lipinski definition) is 1. The zero-order valence-corrected chi connectivity index (χ0v) is 23.9. The van der Waals surface area contributed by atoms with Gasteiger partial charge in [-0.1, -0.05) is 59.3 Å². The molecule has 6 nitrogen and oxygen atoms in total. The van der Waals surface area contributed by atoms with Gasteiger partial charge in [0.1, 0.15) is 0 Å². The molecule has 37 heavy (non-hydrogen) atoms. The van der Waals surface area contributed by atoms with Crippen LogP contribution in [0.1, 0.15) is 18.1 Å². The second-order valence-electron chi connectivity index (χ2n) is 7.96. The molecule has 1 N–H and O–H groups in total. The molecule has 0 bridgehead atoms. The minimum atomic E-state index is -0.285. The van der Waals surface area contributed by atoms with Gasteiger partial charge in [0.05, 0.1) is 22.2 Å². The normalized spacial score (nSPS) is 14.3. The Kier molecular flexibility index (Phi) is 8.91. The van der Waals surface area contributed by atoms with Gasteiger partial charge in [0, 0.05) is 10.2 Å². The molecular formula is C27H22BrClN2O4S2. The van der Waals surface area contributed by atoms with Crippen molar-refractivity contribution in [2.24, 2.45) is 0 Å². The van der Waals surface area contributed by atoms with Gasteiger partial charge in [-0.3, -0.25) is 14.5 Å². The van der Waals surface area contributed by atoms with E-state index in [0.717, 1.165) is 15.6 Å². The van der Waals surface area contributed by atoms with Gasteiger partial charge >= 0.3 is 0 Å². The van der Waals surface area contributed by atoms with Crippen LogP contribution in [-0.2, 0) is 9.59 Å². The fourth-order valence-corrected chi connectivity index (χ4v) is 5.17. The highest BCUT2D eigenvalue weighted by atomic mass is 79.9. The van der Waals surface area contributed by atoms with Crippen LogP contribution in [-0.4, -0.2) is 29.3 Å². The molecule has 0 aromatic heterocycles. The Hall–Kier alpha value is -2.85. The summed E-state index contributed by atoms with van der Waals surface area (Å²) >= 11 is 16.2. The minimum absolute atomic E-state index is 0.179. The molecule has 1 aliphatic heterocycles. The Labute approximate surface area is 238 Å². The van der Waals surface area contributed by atoms with E-state index < -0.39 is 0 Å². The number of hydrogen-bond acceptors (Lipinski definition) is 6. The molecule has 3 aromatic rings. The maximum Gasteiger partial charge on any atom is 0.270 e. The largest absolute Gasteiger partial charge is 0.490 e. The van der Waals surface area contributed by atoms with Crippen molar-refractivity contribution in [3.05, 3.63) is 86.2 Å². The lowest BCUT2D eigenvalue weighted by Gasteiger charge is -2.15. The van der Waals surface area contributed by atoms with Crippen LogP contribution in [0.2, 0.25) is 5.02 Å². The van der Waals surface area contributed by atoms with Crippen LogP contribution >= 0.6 is 51.5 Å². The summed E-state index contributed by atoms with van der Waals surface area (Å²) in [5.74, 6) is 0.371. The number of nitrogens with one attached hydrogen (secondary N) is 1. The lowest BCUT2D eigenvalue weighted by molar-refractivity contribution is -0.118. The van der Waals surface area contributed by atoms with E-state index in [1.54, 1.807) is 42.5 Å². The average Bonchev–Trinajstić information content (AvgIpc) is 3.14. The molecule has 0 radical (unpaired) electrons. The van der Waals surface area contributed by atoms with E-state index in [9.17, 15) is 9.59 Å². The van der Waals surface area contributed by atoms with Gasteiger partial charge < -0.3 is 14.8 Å². The van der Waals surface area contributed by atoms with Crippen molar-refractivity contribution < 1.29 is 19.1 Å². The molecule has 0 unspecified atom stereocenters. The molecule has 1 saturated heterocycles. The maximum atomic E-state index is 13.1. The monoisotopic (exact) mass is 616 g/mol. The van der Waals surface area contributed by atoms with Gasteiger partial charge in [0.25, 0.3) is 11.8 Å². The minimum Gasteiger partial charge on any atom is -0.490 e. The summed E-state index contributed by atoms with van der Waals surface area (Å²) in [4.78, 5) is 27.4. The zero-order valence-electron chi connectivity index (χ0n) is 19.9. The smallest absolute Gasteiger partial charge is 0.270 e. The first-order chi connectivity index (χ1) is 17.7. The predicted molar refractivity (Wildman–Crippen MR) is 158 cm³/mol. The van der Waals surface area contributed by atoms with Crippen molar-refractivity contribution in [2.45, 2.75) is 13.8 Å². The van der Waals surface area contributed by atoms with Crippen LogP contribution in [0, 0.1) is 6.92 Å². The summed E-state index contributed by atoms with van der Waals surface area (Å²) in [5, 5.41) is 3.29. The summed E-state index contributed by atoms with van der Waals surface area (Å²) in [6.45, 7) is 4.06. The SMILES string of the molecule is CCOc1cc(/C=C2\SC(=S)N(c3ccc(Br)c(Cl)c3)C2=O)ccc1OCC(=O)Nc1ccc(C)cc1. The van der Waals surface area contributed by atoms with Gasteiger partial charge in [0.2, 0.25) is 0 Å². The summed E-state index contributed by atoms with van der Waals surface area (Å²) in [5.41, 5.74) is 3.13. The summed E-state index contributed by atoms with van der Waals surface area (Å²) in [7, 11) is 0. The van der Waals surface area contributed by atoms with E-state index >= 15 is 0 Å². The third-order valence-electron chi connectivity index (χ3n) is 5.21. The van der Waals surface area contributed by atoms with E-state index in [1.807, 2.05) is 38.1 Å². The molecule has 0 saturated carbocycles. The standard InChI is InChI=1S/C27H22BrClN2O4S2/c1-3-34-23-12-17(6-11-22(23)35-15-25(32)30-18-7-4-16(2)5-8-18)13-24-26(33)31(27(36)37-24)19-9-10-20(28)21(29)14-19/h4-14H,3,15H2,1-2H3,(H,30,32)/b24-13-. The highest BCUT2D eigenvalue weighted by molar-refractivity contribution is 9.10. The van der Waals surface area contributed by atoms with Gasteiger partial charge in [-0.25, -0.2) is 0 Å². The molecule has 0 aliphatic carbocycles. The van der Waals surface area contributed by atoms with E-state index in [0.29, 0.717) is 43.7 Å². The molecule has 1 aliphatic rings. The third-order valence-corrected chi connectivity index (χ3v) is 7.75. The Morgan fingerprint density at radius 1 is 1.11 bits per heavy atom. The number of anilines is 2. The quantitative estimate of drug-likeness (QED) is 0.212. The van der Waals surface area contributed by atoms with Gasteiger partial charge in [-0.05, 0) is 83.9 Å². The summed E-state index contributed by atoms with van der Waals surface area (Å²) in [6, 6.07) is 18.0. The van der Waals surface area contributed by atoms with Crippen molar-refractivity contribution in [1.29, 1.82) is 0 Å².